The number of benzene rings is 2. The van der Waals surface area contributed by atoms with E-state index in [4.69, 9.17) is 4.74 Å². The number of hydrogen-bond donors (Lipinski definition) is 0. The zero-order valence-corrected chi connectivity index (χ0v) is 18.6. The molecular formula is C22H24N2O4S2. The molecule has 2 aromatic carbocycles. The lowest BCUT2D eigenvalue weighted by molar-refractivity contribution is 0.0595. The molecule has 1 saturated heterocycles. The van der Waals surface area contributed by atoms with Gasteiger partial charge in [-0.3, -0.25) is 4.79 Å². The SMILES string of the molecule is CC(C)S(=O)(=O)c1ccc(C(=O)N2CCC(Oc3nc4ccccc4s3)CC2)cc1. The van der Waals surface area contributed by atoms with Gasteiger partial charge in [0.2, 0.25) is 0 Å². The first-order valence-corrected chi connectivity index (χ1v) is 12.4. The second-order valence-corrected chi connectivity index (χ2v) is 11.2. The first kappa shape index (κ1) is 20.8. The molecule has 30 heavy (non-hydrogen) atoms. The normalized spacial score (nSPS) is 15.6. The van der Waals surface area contributed by atoms with E-state index >= 15 is 0 Å². The van der Waals surface area contributed by atoms with Gasteiger partial charge < -0.3 is 9.64 Å². The fourth-order valence-electron chi connectivity index (χ4n) is 3.46. The Morgan fingerprint density at radius 2 is 1.77 bits per heavy atom. The van der Waals surface area contributed by atoms with Crippen molar-refractivity contribution in [1.29, 1.82) is 0 Å². The second-order valence-electron chi connectivity index (χ2n) is 7.68. The van der Waals surface area contributed by atoms with Crippen LogP contribution in [-0.4, -0.2) is 48.7 Å². The molecule has 0 aliphatic carbocycles. The van der Waals surface area contributed by atoms with Gasteiger partial charge in [0.05, 0.1) is 20.4 Å². The van der Waals surface area contributed by atoms with Gasteiger partial charge in [-0.2, -0.15) is 0 Å². The van der Waals surface area contributed by atoms with Crippen molar-refractivity contribution in [3.63, 3.8) is 0 Å². The van der Waals surface area contributed by atoms with Crippen molar-refractivity contribution in [2.45, 2.75) is 42.9 Å². The monoisotopic (exact) mass is 444 g/mol. The van der Waals surface area contributed by atoms with E-state index in [0.29, 0.717) is 23.8 Å². The third-order valence-corrected chi connectivity index (χ3v) is 8.42. The number of rotatable bonds is 5. The maximum absolute atomic E-state index is 12.8. The lowest BCUT2D eigenvalue weighted by Gasteiger charge is -2.31. The van der Waals surface area contributed by atoms with Gasteiger partial charge in [-0.05, 0) is 50.2 Å². The average Bonchev–Trinajstić information content (AvgIpc) is 3.16. The summed E-state index contributed by atoms with van der Waals surface area (Å²) in [5.41, 5.74) is 1.44. The molecule has 2 heterocycles. The van der Waals surface area contributed by atoms with E-state index < -0.39 is 15.1 Å². The van der Waals surface area contributed by atoms with Crippen LogP contribution in [0.5, 0.6) is 5.19 Å². The Morgan fingerprint density at radius 3 is 2.40 bits per heavy atom. The number of fused-ring (bicyclic) bond motifs is 1. The van der Waals surface area contributed by atoms with Crippen molar-refractivity contribution in [3.8, 4) is 5.19 Å². The summed E-state index contributed by atoms with van der Waals surface area (Å²) in [7, 11) is -3.34. The Bertz CT molecular complexity index is 1110. The van der Waals surface area contributed by atoms with Gasteiger partial charge in [-0.1, -0.05) is 23.5 Å². The van der Waals surface area contributed by atoms with E-state index in [1.165, 1.54) is 23.5 Å². The number of hydrogen-bond acceptors (Lipinski definition) is 6. The number of amides is 1. The Labute approximate surface area is 180 Å². The largest absolute Gasteiger partial charge is 0.467 e. The number of carbonyl (C=O) groups is 1. The highest BCUT2D eigenvalue weighted by Gasteiger charge is 2.26. The van der Waals surface area contributed by atoms with Crippen LogP contribution in [0.15, 0.2) is 53.4 Å². The summed E-state index contributed by atoms with van der Waals surface area (Å²) >= 11 is 1.54. The number of ether oxygens (including phenoxy) is 1. The number of thiazole rings is 1. The van der Waals surface area contributed by atoms with Crippen LogP contribution in [0.2, 0.25) is 0 Å². The van der Waals surface area contributed by atoms with Crippen LogP contribution in [0.25, 0.3) is 10.2 Å². The number of sulfone groups is 1. The molecule has 6 nitrogen and oxygen atoms in total. The van der Waals surface area contributed by atoms with E-state index in [1.54, 1.807) is 30.9 Å². The van der Waals surface area contributed by atoms with Crippen LogP contribution in [0, 0.1) is 0 Å². The van der Waals surface area contributed by atoms with Gasteiger partial charge in [0.1, 0.15) is 6.10 Å². The number of carbonyl (C=O) groups excluding carboxylic acids is 1. The van der Waals surface area contributed by atoms with E-state index in [9.17, 15) is 13.2 Å². The molecule has 0 saturated carbocycles. The van der Waals surface area contributed by atoms with Crippen LogP contribution in [0.3, 0.4) is 0 Å². The van der Waals surface area contributed by atoms with Gasteiger partial charge in [0.15, 0.2) is 9.84 Å². The zero-order valence-electron chi connectivity index (χ0n) is 16.9. The predicted molar refractivity (Wildman–Crippen MR) is 118 cm³/mol. The second kappa shape index (κ2) is 8.35. The molecule has 0 N–H and O–H groups in total. The molecule has 0 unspecified atom stereocenters. The standard InChI is InChI=1S/C22H24N2O4S2/c1-15(2)30(26,27)18-9-7-16(8-10-18)21(25)24-13-11-17(12-14-24)28-22-23-19-5-3-4-6-20(19)29-22/h3-10,15,17H,11-14H2,1-2H3. The molecule has 0 atom stereocenters. The molecular weight excluding hydrogens is 420 g/mol. The number of nitrogens with zero attached hydrogens (tertiary/aromatic N) is 2. The quantitative estimate of drug-likeness (QED) is 0.591. The van der Waals surface area contributed by atoms with Gasteiger partial charge in [-0.25, -0.2) is 13.4 Å². The molecule has 0 radical (unpaired) electrons. The van der Waals surface area contributed by atoms with Crippen molar-refractivity contribution in [3.05, 3.63) is 54.1 Å². The van der Waals surface area contributed by atoms with Gasteiger partial charge >= 0.3 is 0 Å². The molecule has 1 fully saturated rings. The molecule has 0 spiro atoms. The fraction of sp³-hybridized carbons (Fsp3) is 0.364. The van der Waals surface area contributed by atoms with Crippen molar-refractivity contribution in [2.75, 3.05) is 13.1 Å². The average molecular weight is 445 g/mol. The van der Waals surface area contributed by atoms with Crippen molar-refractivity contribution >= 4 is 37.3 Å². The summed E-state index contributed by atoms with van der Waals surface area (Å²) in [4.78, 5) is 19.4. The highest BCUT2D eigenvalue weighted by Crippen LogP contribution is 2.29. The van der Waals surface area contributed by atoms with Crippen LogP contribution < -0.4 is 4.74 Å². The first-order chi connectivity index (χ1) is 14.3. The fourth-order valence-corrected chi connectivity index (χ4v) is 5.40. The van der Waals surface area contributed by atoms with Crippen molar-refractivity contribution in [1.82, 2.24) is 9.88 Å². The highest BCUT2D eigenvalue weighted by atomic mass is 32.2. The topological polar surface area (TPSA) is 76.6 Å². The number of piperidine rings is 1. The minimum atomic E-state index is -3.34. The first-order valence-electron chi connectivity index (χ1n) is 10.00. The molecule has 0 bridgehead atoms. The third-order valence-electron chi connectivity index (χ3n) is 5.32. The third kappa shape index (κ3) is 4.20. The van der Waals surface area contributed by atoms with Crippen molar-refractivity contribution in [2.24, 2.45) is 0 Å². The van der Waals surface area contributed by atoms with E-state index in [0.717, 1.165) is 23.1 Å². The van der Waals surface area contributed by atoms with Crippen LogP contribution >= 0.6 is 11.3 Å². The summed E-state index contributed by atoms with van der Waals surface area (Å²) in [6.45, 7) is 4.49. The molecule has 158 valence electrons. The lowest BCUT2D eigenvalue weighted by atomic mass is 10.1. The minimum Gasteiger partial charge on any atom is -0.467 e. The van der Waals surface area contributed by atoms with Gasteiger partial charge in [0.25, 0.3) is 11.1 Å². The van der Waals surface area contributed by atoms with Gasteiger partial charge in [-0.15, -0.1) is 0 Å². The summed E-state index contributed by atoms with van der Waals surface area (Å²) < 4.78 is 31.6. The summed E-state index contributed by atoms with van der Waals surface area (Å²) in [5, 5.41) is 0.177. The number of aromatic nitrogens is 1. The maximum atomic E-state index is 12.8. The summed E-state index contributed by atoms with van der Waals surface area (Å²) in [5.74, 6) is -0.0815. The maximum Gasteiger partial charge on any atom is 0.274 e. The number of likely N-dealkylation sites (tertiary alicyclic amines) is 1. The molecule has 1 aliphatic rings. The van der Waals surface area contributed by atoms with Crippen LogP contribution in [0.1, 0.15) is 37.0 Å². The van der Waals surface area contributed by atoms with E-state index in [2.05, 4.69) is 4.98 Å². The highest BCUT2D eigenvalue weighted by molar-refractivity contribution is 7.92. The minimum absolute atomic E-state index is 0.0353. The molecule has 1 aliphatic heterocycles. The lowest BCUT2D eigenvalue weighted by Crippen LogP contribution is -2.41. The molecule has 3 aromatic rings. The Morgan fingerprint density at radius 1 is 1.10 bits per heavy atom. The Kier molecular flexibility index (Phi) is 5.79. The molecule has 8 heteroatoms. The van der Waals surface area contributed by atoms with E-state index in [-0.39, 0.29) is 16.9 Å². The number of para-hydroxylation sites is 1. The Balaban J connectivity index is 1.36. The smallest absolute Gasteiger partial charge is 0.274 e. The molecule has 1 amide bonds. The summed E-state index contributed by atoms with van der Waals surface area (Å²) in [6.07, 6.45) is 1.51. The summed E-state index contributed by atoms with van der Waals surface area (Å²) in [6, 6.07) is 14.2. The van der Waals surface area contributed by atoms with Crippen molar-refractivity contribution < 1.29 is 17.9 Å². The predicted octanol–water partition coefficient (Wildman–Crippen LogP) is 4.16. The van der Waals surface area contributed by atoms with E-state index in [1.807, 2.05) is 24.3 Å². The molecule has 4 rings (SSSR count). The van der Waals surface area contributed by atoms with Gasteiger partial charge in [0, 0.05) is 31.5 Å². The van der Waals surface area contributed by atoms with Crippen LogP contribution in [-0.2, 0) is 9.84 Å². The van der Waals surface area contributed by atoms with Crippen LogP contribution in [0.4, 0.5) is 0 Å². The molecule has 1 aromatic heterocycles. The zero-order chi connectivity index (χ0) is 21.3. The Hall–Kier alpha value is -2.45.